The zero-order valence-corrected chi connectivity index (χ0v) is 11.3. The topological polar surface area (TPSA) is 26.0 Å². The lowest BCUT2D eigenvalue weighted by Crippen LogP contribution is -2.17. The van der Waals surface area contributed by atoms with Gasteiger partial charge in [0.1, 0.15) is 0 Å². The number of nitrogens with two attached hydrogens (primary N) is 1. The Balaban J connectivity index is 2.85. The summed E-state index contributed by atoms with van der Waals surface area (Å²) in [4.78, 5) is 2.76. The number of thiophene rings is 1. The first-order chi connectivity index (χ1) is 6.86. The van der Waals surface area contributed by atoms with Crippen LogP contribution in [0.2, 0.25) is 0 Å². The van der Waals surface area contributed by atoms with E-state index in [0.29, 0.717) is 5.92 Å². The molecule has 0 aromatic carbocycles. The van der Waals surface area contributed by atoms with Crippen LogP contribution in [-0.4, -0.2) is 0 Å². The molecule has 0 aliphatic heterocycles. The van der Waals surface area contributed by atoms with Gasteiger partial charge in [-0.2, -0.15) is 0 Å². The van der Waals surface area contributed by atoms with Crippen molar-refractivity contribution in [1.29, 1.82) is 0 Å². The van der Waals surface area contributed by atoms with E-state index in [1.165, 1.54) is 9.75 Å². The van der Waals surface area contributed by atoms with Crippen LogP contribution < -0.4 is 5.73 Å². The van der Waals surface area contributed by atoms with E-state index in [1.807, 2.05) is 11.3 Å². The van der Waals surface area contributed by atoms with Crippen LogP contribution in [0.25, 0.3) is 0 Å². The summed E-state index contributed by atoms with van der Waals surface area (Å²) in [5.74, 6) is 0.566. The molecule has 0 aliphatic rings. The van der Waals surface area contributed by atoms with Crippen LogP contribution in [-0.2, 0) is 5.41 Å². The normalized spacial score (nSPS) is 16.4. The Labute approximate surface area is 97.7 Å². The van der Waals surface area contributed by atoms with Gasteiger partial charge >= 0.3 is 0 Å². The van der Waals surface area contributed by atoms with Gasteiger partial charge in [-0.3, -0.25) is 0 Å². The van der Waals surface area contributed by atoms with Crippen LogP contribution in [0.5, 0.6) is 0 Å². The van der Waals surface area contributed by atoms with Gasteiger partial charge in [0.2, 0.25) is 0 Å². The third kappa shape index (κ3) is 3.05. The van der Waals surface area contributed by atoms with Crippen molar-refractivity contribution in [3.63, 3.8) is 0 Å². The van der Waals surface area contributed by atoms with Crippen LogP contribution >= 0.6 is 11.3 Å². The van der Waals surface area contributed by atoms with Gasteiger partial charge in [-0.1, -0.05) is 41.0 Å². The minimum Gasteiger partial charge on any atom is -0.323 e. The summed E-state index contributed by atoms with van der Waals surface area (Å²) in [7, 11) is 0. The Kier molecular flexibility index (Phi) is 3.96. The lowest BCUT2D eigenvalue weighted by Gasteiger charge is -2.18. The molecule has 2 unspecified atom stereocenters. The predicted octanol–water partition coefficient (Wildman–Crippen LogP) is 4.09. The lowest BCUT2D eigenvalue weighted by atomic mass is 9.94. The van der Waals surface area contributed by atoms with Crippen molar-refractivity contribution in [3.8, 4) is 0 Å². The summed E-state index contributed by atoms with van der Waals surface area (Å²) >= 11 is 1.87. The predicted molar refractivity (Wildman–Crippen MR) is 69.4 cm³/mol. The number of rotatable bonds is 3. The average molecular weight is 225 g/mol. The highest BCUT2D eigenvalue weighted by atomic mass is 32.1. The van der Waals surface area contributed by atoms with Crippen LogP contribution in [0, 0.1) is 5.92 Å². The van der Waals surface area contributed by atoms with Crippen LogP contribution in [0.15, 0.2) is 12.1 Å². The lowest BCUT2D eigenvalue weighted by molar-refractivity contribution is 0.462. The molecular formula is C13H23NS. The number of hydrogen-bond acceptors (Lipinski definition) is 2. The third-order valence-corrected chi connectivity index (χ3v) is 4.56. The van der Waals surface area contributed by atoms with Gasteiger partial charge in [0.05, 0.1) is 0 Å². The fourth-order valence-corrected chi connectivity index (χ4v) is 2.67. The van der Waals surface area contributed by atoms with Gasteiger partial charge in [-0.05, 0) is 23.5 Å². The Bertz CT molecular complexity index is 309. The Hall–Kier alpha value is -0.340. The maximum Gasteiger partial charge on any atom is 0.0415 e. The van der Waals surface area contributed by atoms with Gasteiger partial charge in [0.15, 0.2) is 0 Å². The highest BCUT2D eigenvalue weighted by Crippen LogP contribution is 2.34. The molecule has 2 atom stereocenters. The second kappa shape index (κ2) is 4.67. The Morgan fingerprint density at radius 3 is 2.33 bits per heavy atom. The molecule has 15 heavy (non-hydrogen) atoms. The van der Waals surface area contributed by atoms with Crippen LogP contribution in [0.1, 0.15) is 56.8 Å². The maximum atomic E-state index is 6.22. The molecule has 2 N–H and O–H groups in total. The van der Waals surface area contributed by atoms with Gasteiger partial charge in [-0.25, -0.2) is 0 Å². The van der Waals surface area contributed by atoms with Crippen molar-refractivity contribution in [2.45, 2.75) is 52.5 Å². The van der Waals surface area contributed by atoms with Crippen molar-refractivity contribution in [1.82, 2.24) is 0 Å². The molecule has 0 aliphatic carbocycles. The molecule has 1 rings (SSSR count). The molecule has 1 heterocycles. The molecule has 2 heteroatoms. The molecule has 0 amide bonds. The van der Waals surface area contributed by atoms with E-state index < -0.39 is 0 Å². The summed E-state index contributed by atoms with van der Waals surface area (Å²) in [6.07, 6.45) is 1.14. The molecule has 1 aromatic heterocycles. The molecule has 0 radical (unpaired) electrons. The second-order valence-corrected chi connectivity index (χ2v) is 6.48. The van der Waals surface area contributed by atoms with Gasteiger partial charge in [0, 0.05) is 15.8 Å². The quantitative estimate of drug-likeness (QED) is 0.823. The van der Waals surface area contributed by atoms with E-state index in [0.717, 1.165) is 6.42 Å². The van der Waals surface area contributed by atoms with E-state index in [2.05, 4.69) is 46.8 Å². The van der Waals surface area contributed by atoms with E-state index in [1.54, 1.807) is 0 Å². The SMILES string of the molecule is CCC(C)C(N)c1ccc(C(C)(C)C)s1. The first-order valence-corrected chi connectivity index (χ1v) is 6.53. The average Bonchev–Trinajstić information content (AvgIpc) is 2.63. The van der Waals surface area contributed by atoms with Crippen molar-refractivity contribution in [2.24, 2.45) is 11.7 Å². The molecule has 0 fully saturated rings. The first-order valence-electron chi connectivity index (χ1n) is 5.72. The molecule has 0 saturated heterocycles. The first kappa shape index (κ1) is 12.7. The minimum atomic E-state index is 0.205. The molecule has 0 saturated carbocycles. The minimum absolute atomic E-state index is 0.205. The van der Waals surface area contributed by atoms with Gasteiger partial charge in [-0.15, -0.1) is 11.3 Å². The van der Waals surface area contributed by atoms with E-state index in [4.69, 9.17) is 5.73 Å². The largest absolute Gasteiger partial charge is 0.323 e. The van der Waals surface area contributed by atoms with E-state index in [9.17, 15) is 0 Å². The molecular weight excluding hydrogens is 202 g/mol. The highest BCUT2D eigenvalue weighted by molar-refractivity contribution is 7.12. The highest BCUT2D eigenvalue weighted by Gasteiger charge is 2.20. The summed E-state index contributed by atoms with van der Waals surface area (Å²) in [5, 5.41) is 0. The molecule has 1 aromatic rings. The van der Waals surface area contributed by atoms with Crippen LogP contribution in [0.4, 0.5) is 0 Å². The standard InChI is InChI=1S/C13H23NS/c1-6-9(2)12(14)10-7-8-11(15-10)13(3,4)5/h7-9,12H,6,14H2,1-5H3. The maximum absolute atomic E-state index is 6.22. The summed E-state index contributed by atoms with van der Waals surface area (Å²) in [5.41, 5.74) is 6.46. The Morgan fingerprint density at radius 2 is 1.93 bits per heavy atom. The molecule has 1 nitrogen and oxygen atoms in total. The van der Waals surface area contributed by atoms with E-state index in [-0.39, 0.29) is 11.5 Å². The van der Waals surface area contributed by atoms with Gasteiger partial charge < -0.3 is 5.73 Å². The fraction of sp³-hybridized carbons (Fsp3) is 0.692. The van der Waals surface area contributed by atoms with Gasteiger partial charge in [0.25, 0.3) is 0 Å². The van der Waals surface area contributed by atoms with E-state index >= 15 is 0 Å². The second-order valence-electron chi connectivity index (χ2n) is 5.36. The van der Waals surface area contributed by atoms with Crippen molar-refractivity contribution >= 4 is 11.3 Å². The smallest absolute Gasteiger partial charge is 0.0415 e. The molecule has 0 bridgehead atoms. The number of hydrogen-bond donors (Lipinski definition) is 1. The summed E-state index contributed by atoms with van der Waals surface area (Å²) in [6, 6.07) is 4.63. The Morgan fingerprint density at radius 1 is 1.33 bits per heavy atom. The van der Waals surface area contributed by atoms with Crippen molar-refractivity contribution in [2.75, 3.05) is 0 Å². The van der Waals surface area contributed by atoms with Crippen molar-refractivity contribution < 1.29 is 0 Å². The third-order valence-electron chi connectivity index (χ3n) is 2.95. The fourth-order valence-electron chi connectivity index (χ4n) is 1.47. The molecule has 86 valence electrons. The monoisotopic (exact) mass is 225 g/mol. The zero-order valence-electron chi connectivity index (χ0n) is 10.5. The summed E-state index contributed by atoms with van der Waals surface area (Å²) in [6.45, 7) is 11.2. The zero-order chi connectivity index (χ0) is 11.6. The van der Waals surface area contributed by atoms with Crippen molar-refractivity contribution in [3.05, 3.63) is 21.9 Å². The van der Waals surface area contributed by atoms with Crippen LogP contribution in [0.3, 0.4) is 0 Å². The summed E-state index contributed by atoms with van der Waals surface area (Å²) < 4.78 is 0. The molecule has 0 spiro atoms.